The normalized spacial score (nSPS) is 15.2. The second-order valence-electron chi connectivity index (χ2n) is 7.96. The number of carboxylic acid groups (broad SMARTS) is 2. The predicted octanol–water partition coefficient (Wildman–Crippen LogP) is -3.20. The third-order valence-electron chi connectivity index (χ3n) is 4.97. The summed E-state index contributed by atoms with van der Waals surface area (Å²) in [7, 11) is 0. The number of aromatic amines is 1. The number of nitrogens with zero attached hydrogens (tertiary/aromatic N) is 1. The van der Waals surface area contributed by atoms with Crippen molar-refractivity contribution >= 4 is 29.7 Å². The number of aliphatic hydroxyl groups is 1. The number of aliphatic carboxylic acids is 2. The van der Waals surface area contributed by atoms with Crippen molar-refractivity contribution in [2.45, 2.75) is 69.3 Å². The molecule has 1 aromatic heterocycles. The number of unbranched alkanes of at least 4 members (excludes halogenated alkanes) is 1. The summed E-state index contributed by atoms with van der Waals surface area (Å²) in [5.41, 5.74) is 12.0. The summed E-state index contributed by atoms with van der Waals surface area (Å²) in [5, 5.41) is 34.7. The maximum absolute atomic E-state index is 12.9. The SMILES string of the molecule is C[C@@H](O)[C@H](NC(=O)[C@H](CCCCN)NC(=O)[C@@H](N)Cc1cnc[nH]1)C(=O)N[C@@H](CC(=O)O)C(=O)O. The molecule has 1 aromatic rings. The summed E-state index contributed by atoms with van der Waals surface area (Å²) in [5.74, 6) is -5.64. The first-order valence-corrected chi connectivity index (χ1v) is 10.9. The summed E-state index contributed by atoms with van der Waals surface area (Å²) in [6, 6.07) is -5.54. The Morgan fingerprint density at radius 1 is 1.03 bits per heavy atom. The van der Waals surface area contributed by atoms with Crippen molar-refractivity contribution in [3.05, 3.63) is 18.2 Å². The maximum Gasteiger partial charge on any atom is 0.326 e. The molecule has 15 heteroatoms. The van der Waals surface area contributed by atoms with Crippen LogP contribution in [0.5, 0.6) is 0 Å². The number of aromatic nitrogens is 2. The molecule has 0 aliphatic carbocycles. The second-order valence-corrected chi connectivity index (χ2v) is 7.96. The van der Waals surface area contributed by atoms with E-state index in [1.165, 1.54) is 19.4 Å². The average Bonchev–Trinajstić information content (AvgIpc) is 3.28. The second kappa shape index (κ2) is 14.6. The van der Waals surface area contributed by atoms with Gasteiger partial charge in [-0.15, -0.1) is 0 Å². The lowest BCUT2D eigenvalue weighted by atomic mass is 10.0. The molecular formula is C20H33N7O8. The predicted molar refractivity (Wildman–Crippen MR) is 121 cm³/mol. The van der Waals surface area contributed by atoms with Gasteiger partial charge < -0.3 is 47.7 Å². The first-order valence-electron chi connectivity index (χ1n) is 10.9. The number of aliphatic hydroxyl groups excluding tert-OH is 1. The van der Waals surface area contributed by atoms with Gasteiger partial charge in [0.25, 0.3) is 0 Å². The van der Waals surface area contributed by atoms with Gasteiger partial charge in [-0.3, -0.25) is 19.2 Å². The van der Waals surface area contributed by atoms with Crippen LogP contribution >= 0.6 is 0 Å². The van der Waals surface area contributed by atoms with Crippen LogP contribution in [0.3, 0.4) is 0 Å². The van der Waals surface area contributed by atoms with E-state index in [1.54, 1.807) is 0 Å². The molecule has 0 fully saturated rings. The highest BCUT2D eigenvalue weighted by Gasteiger charge is 2.33. The van der Waals surface area contributed by atoms with Crippen LogP contribution < -0.4 is 27.4 Å². The highest BCUT2D eigenvalue weighted by molar-refractivity contribution is 5.94. The smallest absolute Gasteiger partial charge is 0.326 e. The van der Waals surface area contributed by atoms with Crippen LogP contribution in [0.15, 0.2) is 12.5 Å². The molecule has 0 aliphatic rings. The Hall–Kier alpha value is -3.56. The molecule has 0 unspecified atom stereocenters. The number of H-pyrrole nitrogens is 1. The number of hydrogen-bond donors (Lipinski definition) is 9. The van der Waals surface area contributed by atoms with Crippen LogP contribution in [-0.2, 0) is 30.4 Å². The van der Waals surface area contributed by atoms with Crippen LogP contribution in [0.25, 0.3) is 0 Å². The molecule has 5 atom stereocenters. The van der Waals surface area contributed by atoms with Gasteiger partial charge in [0.1, 0.15) is 18.1 Å². The highest BCUT2D eigenvalue weighted by atomic mass is 16.4. The number of rotatable bonds is 16. The molecule has 0 radical (unpaired) electrons. The minimum atomic E-state index is -1.78. The molecule has 35 heavy (non-hydrogen) atoms. The number of imidazole rings is 1. The molecule has 0 saturated carbocycles. The Bertz CT molecular complexity index is 862. The molecule has 1 heterocycles. The van der Waals surface area contributed by atoms with E-state index in [0.717, 1.165) is 0 Å². The molecule has 3 amide bonds. The van der Waals surface area contributed by atoms with Crippen LogP contribution in [0.2, 0.25) is 0 Å². The fraction of sp³-hybridized carbons (Fsp3) is 0.600. The van der Waals surface area contributed by atoms with E-state index in [2.05, 4.69) is 20.6 Å². The molecule has 0 aromatic carbocycles. The minimum Gasteiger partial charge on any atom is -0.481 e. The zero-order chi connectivity index (χ0) is 26.5. The Balaban J connectivity index is 2.92. The first-order chi connectivity index (χ1) is 16.5. The third-order valence-corrected chi connectivity index (χ3v) is 4.97. The van der Waals surface area contributed by atoms with E-state index in [1.807, 2.05) is 5.32 Å². The van der Waals surface area contributed by atoms with Gasteiger partial charge in [-0.2, -0.15) is 0 Å². The summed E-state index contributed by atoms with van der Waals surface area (Å²) in [6.07, 6.45) is 1.83. The fourth-order valence-electron chi connectivity index (χ4n) is 3.06. The lowest BCUT2D eigenvalue weighted by Gasteiger charge is -2.26. The van der Waals surface area contributed by atoms with E-state index < -0.39 is 66.4 Å². The number of hydrogen-bond acceptors (Lipinski definition) is 9. The van der Waals surface area contributed by atoms with Crippen LogP contribution in [0, 0.1) is 0 Å². The van der Waals surface area contributed by atoms with Crippen molar-refractivity contribution in [3.8, 4) is 0 Å². The molecule has 0 saturated heterocycles. The summed E-state index contributed by atoms with van der Waals surface area (Å²) in [4.78, 5) is 66.7. The van der Waals surface area contributed by atoms with Crippen molar-refractivity contribution in [2.75, 3.05) is 6.54 Å². The van der Waals surface area contributed by atoms with Gasteiger partial charge in [-0.05, 0) is 32.7 Å². The number of nitrogens with two attached hydrogens (primary N) is 2. The van der Waals surface area contributed by atoms with Crippen molar-refractivity contribution in [1.29, 1.82) is 0 Å². The summed E-state index contributed by atoms with van der Waals surface area (Å²) in [6.45, 7) is 1.53. The zero-order valence-electron chi connectivity index (χ0n) is 19.3. The molecule has 0 spiro atoms. The van der Waals surface area contributed by atoms with Gasteiger partial charge in [-0.25, -0.2) is 9.78 Å². The number of carbonyl (C=O) groups excluding carboxylic acids is 3. The summed E-state index contributed by atoms with van der Waals surface area (Å²) >= 11 is 0. The number of carboxylic acids is 2. The maximum atomic E-state index is 12.9. The van der Waals surface area contributed by atoms with Crippen LogP contribution in [0.4, 0.5) is 0 Å². The standard InChI is InChI=1S/C20H33N7O8/c1-10(28)16(19(33)26-14(20(34)35)7-15(29)30)27-18(32)13(4-2-3-5-21)25-17(31)12(22)6-11-8-23-9-24-11/h8-10,12-14,16,28H,2-7,21-22H2,1H3,(H,23,24)(H,25,31)(H,26,33)(H,27,32)(H,29,30)(H,34,35)/t10-,12+,13+,14+,16+/m1/s1. The molecule has 15 nitrogen and oxygen atoms in total. The van der Waals surface area contributed by atoms with Crippen molar-refractivity contribution < 1.29 is 39.3 Å². The monoisotopic (exact) mass is 499 g/mol. The lowest BCUT2D eigenvalue weighted by Crippen LogP contribution is -2.60. The average molecular weight is 500 g/mol. The summed E-state index contributed by atoms with van der Waals surface area (Å²) < 4.78 is 0. The quantitative estimate of drug-likeness (QED) is 0.102. The fourth-order valence-corrected chi connectivity index (χ4v) is 3.06. The van der Waals surface area contributed by atoms with Crippen molar-refractivity contribution in [3.63, 3.8) is 0 Å². The topological polar surface area (TPSA) is 263 Å². The van der Waals surface area contributed by atoms with Gasteiger partial charge in [0, 0.05) is 18.3 Å². The molecule has 0 aliphatic heterocycles. The van der Waals surface area contributed by atoms with E-state index in [-0.39, 0.29) is 12.8 Å². The van der Waals surface area contributed by atoms with Crippen LogP contribution in [0.1, 0.15) is 38.3 Å². The molecule has 1 rings (SSSR count). The highest BCUT2D eigenvalue weighted by Crippen LogP contribution is 2.05. The molecule has 196 valence electrons. The first kappa shape index (κ1) is 29.5. The Labute approximate surface area is 201 Å². The number of carbonyl (C=O) groups is 5. The van der Waals surface area contributed by atoms with Crippen LogP contribution in [-0.4, -0.2) is 91.8 Å². The van der Waals surface area contributed by atoms with Gasteiger partial charge in [0.15, 0.2) is 0 Å². The Morgan fingerprint density at radius 2 is 1.69 bits per heavy atom. The Kier molecular flexibility index (Phi) is 12.3. The van der Waals surface area contributed by atoms with E-state index >= 15 is 0 Å². The Morgan fingerprint density at radius 3 is 2.20 bits per heavy atom. The van der Waals surface area contributed by atoms with E-state index in [9.17, 15) is 29.1 Å². The number of amides is 3. The van der Waals surface area contributed by atoms with Gasteiger partial charge in [0.05, 0.1) is 24.9 Å². The molecule has 0 bridgehead atoms. The van der Waals surface area contributed by atoms with Gasteiger partial charge in [-0.1, -0.05) is 0 Å². The molecule has 11 N–H and O–H groups in total. The molecular weight excluding hydrogens is 466 g/mol. The third kappa shape index (κ3) is 10.5. The largest absolute Gasteiger partial charge is 0.481 e. The number of nitrogens with one attached hydrogen (secondary N) is 4. The van der Waals surface area contributed by atoms with Crippen molar-refractivity contribution in [1.82, 2.24) is 25.9 Å². The van der Waals surface area contributed by atoms with Gasteiger partial charge >= 0.3 is 11.9 Å². The van der Waals surface area contributed by atoms with Gasteiger partial charge in [0.2, 0.25) is 17.7 Å². The van der Waals surface area contributed by atoms with E-state index in [0.29, 0.717) is 25.1 Å². The van der Waals surface area contributed by atoms with E-state index in [4.69, 9.17) is 21.7 Å². The minimum absolute atomic E-state index is 0.127. The lowest BCUT2D eigenvalue weighted by molar-refractivity contribution is -0.148. The van der Waals surface area contributed by atoms with Crippen molar-refractivity contribution in [2.24, 2.45) is 11.5 Å². The zero-order valence-corrected chi connectivity index (χ0v) is 19.3.